The van der Waals surface area contributed by atoms with Crippen molar-refractivity contribution in [2.75, 3.05) is 0 Å². The number of aryl methyl sites for hydroxylation is 1. The molecule has 23 heavy (non-hydrogen) atoms. The molecular weight excluding hydrogens is 316 g/mol. The number of allylic oxidation sites excluding steroid dienone is 2. The molecule has 1 atom stereocenters. The van der Waals surface area contributed by atoms with E-state index in [-0.39, 0.29) is 0 Å². The Morgan fingerprint density at radius 3 is 2.22 bits per heavy atom. The average Bonchev–Trinajstić information content (AvgIpc) is 2.53. The summed E-state index contributed by atoms with van der Waals surface area (Å²) in [6.07, 6.45) is 7.01. The number of hydrogen-bond donors (Lipinski definition) is 0. The van der Waals surface area contributed by atoms with Gasteiger partial charge in [-0.15, -0.1) is 0 Å². The Morgan fingerprint density at radius 2 is 1.61 bits per heavy atom. The average molecular weight is 343 g/mol. The second-order valence-electron chi connectivity index (χ2n) is 6.95. The fraction of sp³-hybridized carbons (Fsp3) is 0.333. The first-order valence-electron chi connectivity index (χ1n) is 8.42. The lowest BCUT2D eigenvalue weighted by Crippen LogP contribution is -2.35. The zero-order valence-corrected chi connectivity index (χ0v) is 16.2. The molecule has 122 valence electrons. The van der Waals surface area contributed by atoms with Crippen LogP contribution in [0.1, 0.15) is 24.5 Å². The van der Waals surface area contributed by atoms with E-state index in [1.807, 2.05) is 12.1 Å². The Balaban J connectivity index is 2.05. The largest absolute Gasteiger partial charge is 0.0917 e. The molecule has 0 heterocycles. The summed E-state index contributed by atoms with van der Waals surface area (Å²) in [5.74, 6) is 0. The molecule has 0 amide bonds. The van der Waals surface area contributed by atoms with Gasteiger partial charge in [0, 0.05) is 5.02 Å². The third-order valence-corrected chi connectivity index (χ3v) is 8.65. The fourth-order valence-electron chi connectivity index (χ4n) is 3.21. The van der Waals surface area contributed by atoms with Crippen molar-refractivity contribution in [2.45, 2.75) is 44.4 Å². The van der Waals surface area contributed by atoms with Crippen LogP contribution in [-0.2, 0) is 12.5 Å². The van der Waals surface area contributed by atoms with Crippen LogP contribution < -0.4 is 0 Å². The van der Waals surface area contributed by atoms with E-state index in [0.29, 0.717) is 5.54 Å². The highest BCUT2D eigenvalue weighted by molar-refractivity contribution is 6.78. The summed E-state index contributed by atoms with van der Waals surface area (Å²) in [7, 11) is -1.37. The molecule has 0 unspecified atom stereocenters. The van der Waals surface area contributed by atoms with Crippen molar-refractivity contribution in [1.82, 2.24) is 0 Å². The van der Waals surface area contributed by atoms with E-state index < -0.39 is 8.07 Å². The van der Waals surface area contributed by atoms with Crippen LogP contribution in [0.4, 0.5) is 0 Å². The van der Waals surface area contributed by atoms with Gasteiger partial charge in [-0.3, -0.25) is 0 Å². The summed E-state index contributed by atoms with van der Waals surface area (Å²) in [6.45, 7) is 7.18. The summed E-state index contributed by atoms with van der Waals surface area (Å²) < 4.78 is 0. The Hall–Kier alpha value is -1.31. The zero-order valence-electron chi connectivity index (χ0n) is 14.4. The standard InChI is InChI=1S/C21H27ClSi/c1-4-8-21(16-13-18-11-14-20(22)15-12-18)23(2,3)17-19-9-6-5-7-10-19/h4-12,14-15,21H,13,16-17H2,1-3H3/b8-4+/t21-/m0/s1. The van der Waals surface area contributed by atoms with Crippen LogP contribution in [-0.4, -0.2) is 8.07 Å². The molecular formula is C21H27ClSi. The van der Waals surface area contributed by atoms with Crippen molar-refractivity contribution in [3.05, 3.63) is 82.9 Å². The molecule has 0 saturated heterocycles. The topological polar surface area (TPSA) is 0 Å². The Bertz CT molecular complexity index is 614. The third-order valence-electron chi connectivity index (χ3n) is 4.59. The predicted molar refractivity (Wildman–Crippen MR) is 106 cm³/mol. The van der Waals surface area contributed by atoms with Crippen LogP contribution in [0.5, 0.6) is 0 Å². The lowest BCUT2D eigenvalue weighted by atomic mass is 10.1. The molecule has 0 radical (unpaired) electrons. The molecule has 2 aromatic carbocycles. The van der Waals surface area contributed by atoms with Crippen LogP contribution in [0.3, 0.4) is 0 Å². The van der Waals surface area contributed by atoms with Crippen LogP contribution in [0, 0.1) is 0 Å². The summed E-state index contributed by atoms with van der Waals surface area (Å²) in [4.78, 5) is 0. The van der Waals surface area contributed by atoms with E-state index in [9.17, 15) is 0 Å². The fourth-order valence-corrected chi connectivity index (χ4v) is 6.52. The van der Waals surface area contributed by atoms with E-state index in [4.69, 9.17) is 11.6 Å². The Morgan fingerprint density at radius 1 is 0.957 bits per heavy atom. The first kappa shape index (κ1) is 18.0. The first-order chi connectivity index (χ1) is 11.0. The van der Waals surface area contributed by atoms with Gasteiger partial charge in [0.15, 0.2) is 0 Å². The van der Waals surface area contributed by atoms with Gasteiger partial charge < -0.3 is 0 Å². The van der Waals surface area contributed by atoms with E-state index >= 15 is 0 Å². The number of rotatable bonds is 7. The summed E-state index contributed by atoms with van der Waals surface area (Å²) in [5.41, 5.74) is 3.56. The molecule has 0 aliphatic rings. The second kappa shape index (κ2) is 8.51. The molecule has 2 rings (SSSR count). The molecule has 0 spiro atoms. The lowest BCUT2D eigenvalue weighted by molar-refractivity contribution is 0.808. The molecule has 0 fully saturated rings. The molecule has 2 heteroatoms. The number of hydrogen-bond acceptors (Lipinski definition) is 0. The van der Waals surface area contributed by atoms with E-state index in [1.54, 1.807) is 0 Å². The maximum absolute atomic E-state index is 5.98. The highest BCUT2D eigenvalue weighted by Gasteiger charge is 2.29. The Labute approximate surface area is 147 Å². The molecule has 0 aromatic heterocycles. The van der Waals surface area contributed by atoms with Crippen LogP contribution in [0.15, 0.2) is 66.7 Å². The summed E-state index contributed by atoms with van der Waals surface area (Å²) >= 11 is 5.98. The monoisotopic (exact) mass is 342 g/mol. The molecule has 0 nitrogen and oxygen atoms in total. The molecule has 0 N–H and O–H groups in total. The number of benzene rings is 2. The maximum atomic E-state index is 5.98. The smallest absolute Gasteiger partial charge is 0.0587 e. The Kier molecular flexibility index (Phi) is 6.68. The summed E-state index contributed by atoms with van der Waals surface area (Å²) in [5, 5.41) is 0.817. The zero-order chi connectivity index (χ0) is 16.7. The maximum Gasteiger partial charge on any atom is 0.0587 e. The van der Waals surface area contributed by atoms with Gasteiger partial charge in [-0.2, -0.15) is 0 Å². The van der Waals surface area contributed by atoms with Crippen LogP contribution in [0.2, 0.25) is 23.7 Å². The van der Waals surface area contributed by atoms with Crippen molar-refractivity contribution in [3.63, 3.8) is 0 Å². The van der Waals surface area contributed by atoms with Gasteiger partial charge in [0.05, 0.1) is 8.07 Å². The van der Waals surface area contributed by atoms with Gasteiger partial charge in [0.1, 0.15) is 0 Å². The van der Waals surface area contributed by atoms with Crippen molar-refractivity contribution >= 4 is 19.7 Å². The van der Waals surface area contributed by atoms with Gasteiger partial charge in [-0.1, -0.05) is 84.9 Å². The quantitative estimate of drug-likeness (QED) is 0.387. The molecule has 0 bridgehead atoms. The second-order valence-corrected chi connectivity index (χ2v) is 12.5. The number of halogens is 1. The van der Waals surface area contributed by atoms with Crippen molar-refractivity contribution < 1.29 is 0 Å². The SMILES string of the molecule is C/C=C/[C@@H](CCc1ccc(Cl)cc1)[Si](C)(C)Cc1ccccc1. The summed E-state index contributed by atoms with van der Waals surface area (Å²) in [6, 6.07) is 20.5. The minimum Gasteiger partial charge on any atom is -0.0917 e. The molecule has 0 aliphatic carbocycles. The van der Waals surface area contributed by atoms with Crippen LogP contribution in [0.25, 0.3) is 0 Å². The van der Waals surface area contributed by atoms with Gasteiger partial charge in [-0.05, 0) is 49.0 Å². The van der Waals surface area contributed by atoms with Crippen LogP contribution >= 0.6 is 11.6 Å². The third kappa shape index (κ3) is 5.67. The van der Waals surface area contributed by atoms with Gasteiger partial charge in [0.2, 0.25) is 0 Å². The van der Waals surface area contributed by atoms with E-state index in [2.05, 4.69) is 74.6 Å². The minimum atomic E-state index is -1.37. The van der Waals surface area contributed by atoms with Crippen molar-refractivity contribution in [1.29, 1.82) is 0 Å². The first-order valence-corrected chi connectivity index (χ1v) is 12.1. The van der Waals surface area contributed by atoms with E-state index in [1.165, 1.54) is 23.6 Å². The minimum absolute atomic E-state index is 0.698. The van der Waals surface area contributed by atoms with Gasteiger partial charge in [0.25, 0.3) is 0 Å². The van der Waals surface area contributed by atoms with Crippen molar-refractivity contribution in [2.24, 2.45) is 0 Å². The molecule has 2 aromatic rings. The lowest BCUT2D eigenvalue weighted by Gasteiger charge is -2.31. The molecule has 0 saturated carbocycles. The molecule has 0 aliphatic heterocycles. The normalized spacial score (nSPS) is 13.4. The van der Waals surface area contributed by atoms with Crippen molar-refractivity contribution in [3.8, 4) is 0 Å². The predicted octanol–water partition coefficient (Wildman–Crippen LogP) is 6.71. The van der Waals surface area contributed by atoms with Gasteiger partial charge >= 0.3 is 0 Å². The highest BCUT2D eigenvalue weighted by atomic mass is 35.5. The highest BCUT2D eigenvalue weighted by Crippen LogP contribution is 2.31. The van der Waals surface area contributed by atoms with Gasteiger partial charge in [-0.25, -0.2) is 0 Å². The van der Waals surface area contributed by atoms with E-state index in [0.717, 1.165) is 11.4 Å².